The van der Waals surface area contributed by atoms with Gasteiger partial charge in [-0.05, 0) is 31.2 Å². The second-order valence-corrected chi connectivity index (χ2v) is 5.03. The van der Waals surface area contributed by atoms with Gasteiger partial charge in [0.1, 0.15) is 18.1 Å². The lowest BCUT2D eigenvalue weighted by Crippen LogP contribution is -2.40. The number of benzene rings is 1. The smallest absolute Gasteiger partial charge is 0.262 e. The van der Waals surface area contributed by atoms with Gasteiger partial charge in [-0.25, -0.2) is 0 Å². The molecule has 1 aliphatic heterocycles. The molecule has 6 nitrogen and oxygen atoms in total. The van der Waals surface area contributed by atoms with Crippen molar-refractivity contribution in [2.75, 3.05) is 6.54 Å². The first-order chi connectivity index (χ1) is 10.6. The predicted octanol–water partition coefficient (Wildman–Crippen LogP) is 1.50. The van der Waals surface area contributed by atoms with Crippen LogP contribution in [-0.4, -0.2) is 29.2 Å². The fourth-order valence-corrected chi connectivity index (χ4v) is 2.35. The van der Waals surface area contributed by atoms with Crippen molar-refractivity contribution >= 4 is 17.7 Å². The zero-order valence-electron chi connectivity index (χ0n) is 12.0. The Labute approximate surface area is 126 Å². The number of imide groups is 1. The molecule has 2 heterocycles. The Bertz CT molecular complexity index is 728. The van der Waals surface area contributed by atoms with E-state index < -0.39 is 17.7 Å². The molecule has 1 N–H and O–H groups in total. The number of aryl methyl sites for hydroxylation is 1. The van der Waals surface area contributed by atoms with Crippen molar-refractivity contribution < 1.29 is 18.8 Å². The molecule has 0 saturated carbocycles. The lowest BCUT2D eigenvalue weighted by atomic mass is 10.1. The van der Waals surface area contributed by atoms with Gasteiger partial charge in [-0.2, -0.15) is 0 Å². The molecule has 0 radical (unpaired) electrons. The summed E-state index contributed by atoms with van der Waals surface area (Å²) in [6.45, 7) is 1.73. The van der Waals surface area contributed by atoms with Crippen LogP contribution in [0.15, 0.2) is 40.8 Å². The Hall–Kier alpha value is -2.89. The van der Waals surface area contributed by atoms with Crippen LogP contribution in [0.2, 0.25) is 0 Å². The molecule has 6 heteroatoms. The molecule has 1 aromatic carbocycles. The highest BCUT2D eigenvalue weighted by Gasteiger charge is 2.36. The second kappa shape index (κ2) is 5.48. The Balaban J connectivity index is 1.63. The molecule has 3 amide bonds. The summed E-state index contributed by atoms with van der Waals surface area (Å²) in [7, 11) is 0. The Morgan fingerprint density at radius 2 is 1.73 bits per heavy atom. The quantitative estimate of drug-likeness (QED) is 0.868. The first-order valence-corrected chi connectivity index (χ1v) is 6.83. The molecular formula is C16H14N2O4. The molecule has 3 rings (SSSR count). The summed E-state index contributed by atoms with van der Waals surface area (Å²) in [4.78, 5) is 37.1. The van der Waals surface area contributed by atoms with Gasteiger partial charge < -0.3 is 9.73 Å². The normalized spacial score (nSPS) is 13.4. The van der Waals surface area contributed by atoms with Crippen LogP contribution in [-0.2, 0) is 11.3 Å². The van der Waals surface area contributed by atoms with Gasteiger partial charge in [-0.1, -0.05) is 12.1 Å². The van der Waals surface area contributed by atoms with E-state index in [1.54, 1.807) is 36.4 Å². The maximum absolute atomic E-state index is 12.1. The van der Waals surface area contributed by atoms with E-state index in [1.165, 1.54) is 0 Å². The van der Waals surface area contributed by atoms with Gasteiger partial charge in [0.05, 0.1) is 17.7 Å². The van der Waals surface area contributed by atoms with Crippen molar-refractivity contribution in [2.24, 2.45) is 0 Å². The van der Waals surface area contributed by atoms with Crippen LogP contribution in [0.5, 0.6) is 0 Å². The second-order valence-electron chi connectivity index (χ2n) is 5.03. The van der Waals surface area contributed by atoms with E-state index in [1.807, 2.05) is 6.92 Å². The zero-order chi connectivity index (χ0) is 15.7. The number of rotatable bonds is 4. The predicted molar refractivity (Wildman–Crippen MR) is 77.1 cm³/mol. The highest BCUT2D eigenvalue weighted by atomic mass is 16.3. The molecule has 0 aliphatic carbocycles. The van der Waals surface area contributed by atoms with Gasteiger partial charge in [-0.3, -0.25) is 19.3 Å². The Morgan fingerprint density at radius 3 is 2.27 bits per heavy atom. The first kappa shape index (κ1) is 14.1. The first-order valence-electron chi connectivity index (χ1n) is 6.83. The molecule has 0 fully saturated rings. The summed E-state index contributed by atoms with van der Waals surface area (Å²) in [6.07, 6.45) is 0. The van der Waals surface area contributed by atoms with Crippen molar-refractivity contribution in [1.29, 1.82) is 0 Å². The zero-order valence-corrected chi connectivity index (χ0v) is 12.0. The third-order valence-electron chi connectivity index (χ3n) is 3.44. The van der Waals surface area contributed by atoms with Crippen LogP contribution in [0.3, 0.4) is 0 Å². The molecule has 0 atom stereocenters. The van der Waals surface area contributed by atoms with Crippen molar-refractivity contribution in [3.63, 3.8) is 0 Å². The third-order valence-corrected chi connectivity index (χ3v) is 3.44. The number of furan rings is 1. The SMILES string of the molecule is Cc1ccc(CNC(=O)CN2C(=O)c3ccccc3C2=O)o1. The Morgan fingerprint density at radius 1 is 1.09 bits per heavy atom. The fraction of sp³-hybridized carbons (Fsp3) is 0.188. The van der Waals surface area contributed by atoms with Crippen LogP contribution >= 0.6 is 0 Å². The maximum Gasteiger partial charge on any atom is 0.262 e. The van der Waals surface area contributed by atoms with E-state index in [4.69, 9.17) is 4.42 Å². The van der Waals surface area contributed by atoms with Crippen LogP contribution in [0, 0.1) is 6.92 Å². The molecule has 0 bridgehead atoms. The minimum absolute atomic E-state index is 0.218. The number of amides is 3. The Kier molecular flexibility index (Phi) is 3.50. The average Bonchev–Trinajstić information content (AvgIpc) is 3.03. The molecule has 0 spiro atoms. The van der Waals surface area contributed by atoms with Crippen LogP contribution in [0.25, 0.3) is 0 Å². The molecule has 0 saturated heterocycles. The molecule has 112 valence electrons. The topological polar surface area (TPSA) is 79.6 Å². The largest absolute Gasteiger partial charge is 0.465 e. The lowest BCUT2D eigenvalue weighted by Gasteiger charge is -2.13. The summed E-state index contributed by atoms with van der Waals surface area (Å²) in [6, 6.07) is 10.1. The summed E-state index contributed by atoms with van der Waals surface area (Å²) in [5.74, 6) is 0.0792. The van der Waals surface area contributed by atoms with Gasteiger partial charge in [0, 0.05) is 0 Å². The van der Waals surface area contributed by atoms with E-state index in [0.29, 0.717) is 16.9 Å². The highest BCUT2D eigenvalue weighted by Crippen LogP contribution is 2.21. The lowest BCUT2D eigenvalue weighted by molar-refractivity contribution is -0.121. The van der Waals surface area contributed by atoms with Gasteiger partial charge in [-0.15, -0.1) is 0 Å². The minimum Gasteiger partial charge on any atom is -0.465 e. The van der Waals surface area contributed by atoms with Gasteiger partial charge in [0.15, 0.2) is 0 Å². The summed E-state index contributed by atoms with van der Waals surface area (Å²) in [5, 5.41) is 2.63. The monoisotopic (exact) mass is 298 g/mol. The van der Waals surface area contributed by atoms with Crippen molar-refractivity contribution in [1.82, 2.24) is 10.2 Å². The van der Waals surface area contributed by atoms with E-state index >= 15 is 0 Å². The number of nitrogens with one attached hydrogen (secondary N) is 1. The number of carbonyl (C=O) groups excluding carboxylic acids is 3. The molecule has 22 heavy (non-hydrogen) atoms. The molecular weight excluding hydrogens is 284 g/mol. The summed E-state index contributed by atoms with van der Waals surface area (Å²) >= 11 is 0. The van der Waals surface area contributed by atoms with Crippen molar-refractivity contribution in [3.05, 3.63) is 59.0 Å². The highest BCUT2D eigenvalue weighted by molar-refractivity contribution is 6.22. The van der Waals surface area contributed by atoms with E-state index in [-0.39, 0.29) is 13.1 Å². The van der Waals surface area contributed by atoms with Gasteiger partial charge in [0.2, 0.25) is 5.91 Å². The fourth-order valence-electron chi connectivity index (χ4n) is 2.35. The van der Waals surface area contributed by atoms with Crippen molar-refractivity contribution in [3.8, 4) is 0 Å². The average molecular weight is 298 g/mol. The number of hydrogen-bond donors (Lipinski definition) is 1. The van der Waals surface area contributed by atoms with Crippen molar-refractivity contribution in [2.45, 2.75) is 13.5 Å². The van der Waals surface area contributed by atoms with Crippen LogP contribution < -0.4 is 5.32 Å². The number of hydrogen-bond acceptors (Lipinski definition) is 4. The van der Waals surface area contributed by atoms with Crippen LogP contribution in [0.1, 0.15) is 32.2 Å². The van der Waals surface area contributed by atoms with Gasteiger partial charge in [0.25, 0.3) is 11.8 Å². The minimum atomic E-state index is -0.440. The molecule has 0 unspecified atom stereocenters. The number of fused-ring (bicyclic) bond motifs is 1. The number of carbonyl (C=O) groups is 3. The van der Waals surface area contributed by atoms with E-state index in [2.05, 4.69) is 5.32 Å². The summed E-state index contributed by atoms with van der Waals surface area (Å²) in [5.41, 5.74) is 0.670. The molecule has 2 aromatic rings. The van der Waals surface area contributed by atoms with E-state index in [0.717, 1.165) is 10.7 Å². The number of nitrogens with zero attached hydrogens (tertiary/aromatic N) is 1. The standard InChI is InChI=1S/C16H14N2O4/c1-10-6-7-11(22-10)8-17-14(19)9-18-15(20)12-4-2-3-5-13(12)16(18)21/h2-7H,8-9H2,1H3,(H,17,19). The van der Waals surface area contributed by atoms with Crippen LogP contribution in [0.4, 0.5) is 0 Å². The molecule has 1 aromatic heterocycles. The van der Waals surface area contributed by atoms with Gasteiger partial charge >= 0.3 is 0 Å². The van der Waals surface area contributed by atoms with E-state index in [9.17, 15) is 14.4 Å². The maximum atomic E-state index is 12.1. The summed E-state index contributed by atoms with van der Waals surface area (Å²) < 4.78 is 5.33. The molecule has 1 aliphatic rings. The third kappa shape index (κ3) is 2.50.